The lowest BCUT2D eigenvalue weighted by Crippen LogP contribution is -2.45. The molecule has 1 heterocycles. The third kappa shape index (κ3) is 2.92. The maximum atomic E-state index is 12.1. The van der Waals surface area contributed by atoms with Gasteiger partial charge in [-0.2, -0.15) is 0 Å². The van der Waals surface area contributed by atoms with Crippen LogP contribution in [0.2, 0.25) is 0 Å². The smallest absolute Gasteiger partial charge is 0.239 e. The molecule has 0 aromatic heterocycles. The van der Waals surface area contributed by atoms with Crippen LogP contribution in [0, 0.1) is 17.8 Å². The number of hydrogen-bond acceptors (Lipinski definition) is 2. The van der Waals surface area contributed by atoms with Crippen molar-refractivity contribution >= 4 is 18.3 Å². The highest BCUT2D eigenvalue weighted by molar-refractivity contribution is 5.85. The van der Waals surface area contributed by atoms with Gasteiger partial charge in [-0.3, -0.25) is 4.79 Å². The second-order valence-electron chi connectivity index (χ2n) is 6.79. The van der Waals surface area contributed by atoms with Crippen LogP contribution in [-0.2, 0) is 4.79 Å². The van der Waals surface area contributed by atoms with E-state index in [0.29, 0.717) is 6.04 Å². The van der Waals surface area contributed by atoms with Gasteiger partial charge in [0.2, 0.25) is 5.91 Å². The van der Waals surface area contributed by atoms with Crippen LogP contribution in [0.4, 0.5) is 0 Å². The molecule has 0 spiro atoms. The summed E-state index contributed by atoms with van der Waals surface area (Å²) in [5, 5.41) is 0. The summed E-state index contributed by atoms with van der Waals surface area (Å²) in [7, 11) is 0. The van der Waals surface area contributed by atoms with Crippen molar-refractivity contribution < 1.29 is 4.79 Å². The minimum Gasteiger partial charge on any atom is -0.338 e. The van der Waals surface area contributed by atoms with Gasteiger partial charge in [0.1, 0.15) is 0 Å². The lowest BCUT2D eigenvalue weighted by molar-refractivity contribution is -0.133. The minimum atomic E-state index is -0.328. The Morgan fingerprint density at radius 2 is 2.11 bits per heavy atom. The van der Waals surface area contributed by atoms with Crippen LogP contribution >= 0.6 is 12.4 Å². The summed E-state index contributed by atoms with van der Waals surface area (Å²) in [4.78, 5) is 14.2. The van der Waals surface area contributed by atoms with E-state index in [-0.39, 0.29) is 24.4 Å². The van der Waals surface area contributed by atoms with Crippen LogP contribution < -0.4 is 5.73 Å². The Labute approximate surface area is 122 Å². The van der Waals surface area contributed by atoms with Gasteiger partial charge in [0.15, 0.2) is 0 Å². The predicted octanol–water partition coefficient (Wildman–Crippen LogP) is 2.57. The maximum absolute atomic E-state index is 12.1. The van der Waals surface area contributed by atoms with Crippen molar-refractivity contribution in [3.63, 3.8) is 0 Å². The number of carbonyl (C=O) groups is 1. The number of rotatable bonds is 3. The quantitative estimate of drug-likeness (QED) is 0.867. The first kappa shape index (κ1) is 15.1. The highest BCUT2D eigenvalue weighted by Crippen LogP contribution is 2.50. The molecule has 0 radical (unpaired) electrons. The molecule has 3 aliphatic rings. The lowest BCUT2D eigenvalue weighted by atomic mass is 9.83. The Hall–Kier alpha value is -0.280. The van der Waals surface area contributed by atoms with Gasteiger partial charge in [0, 0.05) is 12.6 Å². The molecule has 1 saturated heterocycles. The fraction of sp³-hybridized carbons (Fsp3) is 0.933. The van der Waals surface area contributed by atoms with Crippen LogP contribution in [0.1, 0.15) is 51.9 Å². The molecule has 4 unspecified atom stereocenters. The minimum absolute atomic E-state index is 0. The van der Waals surface area contributed by atoms with E-state index in [0.717, 1.165) is 24.3 Å². The molecule has 0 aromatic carbocycles. The van der Waals surface area contributed by atoms with Crippen LogP contribution in [-0.4, -0.2) is 29.4 Å². The molecule has 2 bridgehead atoms. The molecule has 3 rings (SSSR count). The first-order valence-electron chi connectivity index (χ1n) is 7.71. The third-order valence-electron chi connectivity index (χ3n) is 5.51. The molecule has 3 nitrogen and oxygen atoms in total. The Kier molecular flexibility index (Phi) is 4.78. The van der Waals surface area contributed by atoms with Crippen molar-refractivity contribution in [1.29, 1.82) is 0 Å². The number of likely N-dealkylation sites (tertiary alicyclic amines) is 1. The van der Waals surface area contributed by atoms with E-state index in [1.54, 1.807) is 0 Å². The molecule has 2 saturated carbocycles. The molecule has 3 fully saturated rings. The number of fused-ring (bicyclic) bond motifs is 2. The Morgan fingerprint density at radius 1 is 1.32 bits per heavy atom. The summed E-state index contributed by atoms with van der Waals surface area (Å²) < 4.78 is 0. The Morgan fingerprint density at radius 3 is 2.68 bits per heavy atom. The maximum Gasteiger partial charge on any atom is 0.239 e. The first-order valence-corrected chi connectivity index (χ1v) is 7.71. The molecule has 110 valence electrons. The molecule has 2 aliphatic carbocycles. The van der Waals surface area contributed by atoms with Gasteiger partial charge in [0.25, 0.3) is 0 Å². The van der Waals surface area contributed by atoms with Crippen molar-refractivity contribution in [2.75, 3.05) is 6.54 Å². The van der Waals surface area contributed by atoms with E-state index >= 15 is 0 Å². The van der Waals surface area contributed by atoms with E-state index in [1.165, 1.54) is 44.9 Å². The number of carbonyl (C=O) groups excluding carboxylic acids is 1. The topological polar surface area (TPSA) is 46.3 Å². The number of halogens is 1. The lowest BCUT2D eigenvalue weighted by Gasteiger charge is -2.31. The Balaban J connectivity index is 0.00000133. The van der Waals surface area contributed by atoms with E-state index < -0.39 is 0 Å². The predicted molar refractivity (Wildman–Crippen MR) is 79.2 cm³/mol. The molecule has 0 aromatic rings. The van der Waals surface area contributed by atoms with Gasteiger partial charge in [-0.1, -0.05) is 6.42 Å². The number of amides is 1. The normalized spacial score (nSPS) is 38.3. The zero-order valence-electron chi connectivity index (χ0n) is 11.9. The summed E-state index contributed by atoms with van der Waals surface area (Å²) in [6.07, 6.45) is 9.44. The van der Waals surface area contributed by atoms with Gasteiger partial charge < -0.3 is 10.6 Å². The summed E-state index contributed by atoms with van der Waals surface area (Å²) in [6, 6.07) is 0.165. The van der Waals surface area contributed by atoms with Crippen LogP contribution in [0.3, 0.4) is 0 Å². The largest absolute Gasteiger partial charge is 0.338 e. The molecule has 1 aliphatic heterocycles. The molecule has 5 atom stereocenters. The summed E-state index contributed by atoms with van der Waals surface area (Å²) in [6.45, 7) is 2.75. The second-order valence-corrected chi connectivity index (χ2v) is 6.79. The molecule has 4 heteroatoms. The van der Waals surface area contributed by atoms with Crippen molar-refractivity contribution in [3.8, 4) is 0 Å². The molecule has 2 N–H and O–H groups in total. The molecular formula is C15H27ClN2O. The van der Waals surface area contributed by atoms with E-state index in [2.05, 4.69) is 4.90 Å². The van der Waals surface area contributed by atoms with E-state index in [9.17, 15) is 4.79 Å². The summed E-state index contributed by atoms with van der Waals surface area (Å²) in [5.74, 6) is 3.05. The Bertz CT molecular complexity index is 334. The van der Waals surface area contributed by atoms with Crippen molar-refractivity contribution in [2.24, 2.45) is 23.5 Å². The second kappa shape index (κ2) is 6.01. The van der Waals surface area contributed by atoms with E-state index in [1.807, 2.05) is 6.92 Å². The van der Waals surface area contributed by atoms with Crippen molar-refractivity contribution in [3.05, 3.63) is 0 Å². The van der Waals surface area contributed by atoms with Crippen LogP contribution in [0.5, 0.6) is 0 Å². The highest BCUT2D eigenvalue weighted by atomic mass is 35.5. The average Bonchev–Trinajstić information content (AvgIpc) is 3.03. The number of hydrogen-bond donors (Lipinski definition) is 1. The van der Waals surface area contributed by atoms with Gasteiger partial charge in [-0.15, -0.1) is 12.4 Å². The highest BCUT2D eigenvalue weighted by Gasteiger charge is 2.42. The van der Waals surface area contributed by atoms with Gasteiger partial charge >= 0.3 is 0 Å². The first-order chi connectivity index (χ1) is 8.65. The average molecular weight is 287 g/mol. The fourth-order valence-electron chi connectivity index (χ4n) is 4.65. The molecule has 1 amide bonds. The van der Waals surface area contributed by atoms with Crippen molar-refractivity contribution in [1.82, 2.24) is 4.90 Å². The van der Waals surface area contributed by atoms with Gasteiger partial charge in [-0.05, 0) is 63.2 Å². The zero-order valence-corrected chi connectivity index (χ0v) is 12.7. The standard InChI is InChI=1S/C15H26N2O.ClH/c1-10(16)15(18)17-6-2-3-14(17)9-13-8-11-4-5-12(13)7-11;/h10-14H,2-9,16H2,1H3;1H/t10-,11?,12?,13?,14?;/m1./s1. The van der Waals surface area contributed by atoms with Gasteiger partial charge in [0.05, 0.1) is 6.04 Å². The van der Waals surface area contributed by atoms with Crippen LogP contribution in [0.25, 0.3) is 0 Å². The summed E-state index contributed by atoms with van der Waals surface area (Å²) in [5.41, 5.74) is 5.76. The van der Waals surface area contributed by atoms with Crippen LogP contribution in [0.15, 0.2) is 0 Å². The SMILES string of the molecule is C[C@@H](N)C(=O)N1CCCC1CC1CC2CCC1C2.Cl. The van der Waals surface area contributed by atoms with Crippen molar-refractivity contribution in [2.45, 2.75) is 64.0 Å². The molecular weight excluding hydrogens is 260 g/mol. The number of nitrogens with two attached hydrogens (primary N) is 1. The molecule has 19 heavy (non-hydrogen) atoms. The van der Waals surface area contributed by atoms with E-state index in [4.69, 9.17) is 5.73 Å². The van der Waals surface area contributed by atoms with Gasteiger partial charge in [-0.25, -0.2) is 0 Å². The third-order valence-corrected chi connectivity index (χ3v) is 5.51. The fourth-order valence-corrected chi connectivity index (χ4v) is 4.65. The number of nitrogens with zero attached hydrogens (tertiary/aromatic N) is 1. The zero-order chi connectivity index (χ0) is 12.7. The summed E-state index contributed by atoms with van der Waals surface area (Å²) >= 11 is 0. The monoisotopic (exact) mass is 286 g/mol.